The maximum atomic E-state index is 13.6. The van der Waals surface area contributed by atoms with Crippen LogP contribution in [0, 0.1) is 23.7 Å². The van der Waals surface area contributed by atoms with Crippen LogP contribution in [0.4, 0.5) is 11.4 Å². The fourth-order valence-corrected chi connectivity index (χ4v) is 8.23. The maximum Gasteiger partial charge on any atom is 0.291 e. The number of carbonyl (C=O) groups is 5. The number of anilines is 2. The summed E-state index contributed by atoms with van der Waals surface area (Å²) in [5.74, 6) is -0.945. The fraction of sp³-hybridized carbons (Fsp3) is 0.368. The third-order valence-corrected chi connectivity index (χ3v) is 10.4. The predicted octanol–water partition coefficient (Wildman–Crippen LogP) is 4.26. The van der Waals surface area contributed by atoms with Gasteiger partial charge in [-0.3, -0.25) is 28.8 Å². The van der Waals surface area contributed by atoms with Gasteiger partial charge < -0.3 is 30.3 Å². The monoisotopic (exact) mass is 677 g/mol. The number of hydrogen-bond acceptors (Lipinski definition) is 7. The first-order valence-corrected chi connectivity index (χ1v) is 17.2. The Morgan fingerprint density at radius 3 is 2.24 bits per heavy atom. The van der Waals surface area contributed by atoms with Crippen molar-refractivity contribution in [3.8, 4) is 0 Å². The van der Waals surface area contributed by atoms with E-state index in [1.165, 1.54) is 29.3 Å². The van der Waals surface area contributed by atoms with Gasteiger partial charge in [0, 0.05) is 29.7 Å². The summed E-state index contributed by atoms with van der Waals surface area (Å²) in [6.07, 6.45) is 6.78. The van der Waals surface area contributed by atoms with Crippen molar-refractivity contribution < 1.29 is 28.4 Å². The molecule has 2 aromatic carbocycles. The number of amides is 4. The lowest BCUT2D eigenvalue weighted by atomic mass is 9.54. The van der Waals surface area contributed by atoms with Gasteiger partial charge in [0.15, 0.2) is 5.76 Å². The van der Waals surface area contributed by atoms with E-state index in [-0.39, 0.29) is 42.8 Å². The van der Waals surface area contributed by atoms with E-state index in [0.717, 1.165) is 37.5 Å². The molecule has 4 N–H and O–H groups in total. The topological polar surface area (TPSA) is 169 Å². The van der Waals surface area contributed by atoms with Crippen LogP contribution < -0.4 is 26.8 Å². The summed E-state index contributed by atoms with van der Waals surface area (Å²) in [6.45, 7) is -0.206. The molecule has 0 spiro atoms. The first-order chi connectivity index (χ1) is 24.2. The number of furan rings is 1. The second kappa shape index (κ2) is 14.1. The van der Waals surface area contributed by atoms with Crippen molar-refractivity contribution in [2.75, 3.05) is 10.6 Å². The van der Waals surface area contributed by atoms with E-state index in [4.69, 9.17) is 4.42 Å². The number of rotatable bonds is 12. The molecule has 258 valence electrons. The van der Waals surface area contributed by atoms with Crippen molar-refractivity contribution in [2.45, 2.75) is 63.6 Å². The van der Waals surface area contributed by atoms with Crippen molar-refractivity contribution in [3.63, 3.8) is 0 Å². The first-order valence-electron chi connectivity index (χ1n) is 17.2. The minimum Gasteiger partial charge on any atom is -0.451 e. The lowest BCUT2D eigenvalue weighted by molar-refractivity contribution is -0.135. The van der Waals surface area contributed by atoms with Gasteiger partial charge in [-0.05, 0) is 98.6 Å². The summed E-state index contributed by atoms with van der Waals surface area (Å²) in [5, 5.41) is 11.6. The molecule has 4 aromatic rings. The SMILES string of the molecule is O=C(Cn1cccc(NC(=O)[C@H](CCC(=O)C(=O)Nc2ccccc2)NC(=O)c2cc3ccccc3o2)c1=O)NC1C2CC3CC(C2)CC1C3. The van der Waals surface area contributed by atoms with Crippen molar-refractivity contribution in [2.24, 2.45) is 23.7 Å². The molecule has 0 radical (unpaired) electrons. The van der Waals surface area contributed by atoms with Gasteiger partial charge in [0.2, 0.25) is 17.6 Å². The van der Waals surface area contributed by atoms with E-state index < -0.39 is 35.1 Å². The van der Waals surface area contributed by atoms with Gasteiger partial charge >= 0.3 is 0 Å². The van der Waals surface area contributed by atoms with E-state index in [1.807, 2.05) is 0 Å². The first kappa shape index (κ1) is 33.0. The van der Waals surface area contributed by atoms with Crippen LogP contribution in [0.5, 0.6) is 0 Å². The molecule has 4 bridgehead atoms. The van der Waals surface area contributed by atoms with Crippen LogP contribution >= 0.6 is 0 Å². The minimum absolute atomic E-state index is 0.0515. The average molecular weight is 678 g/mol. The number of ketones is 1. The molecule has 12 heteroatoms. The number of carbonyl (C=O) groups excluding carboxylic acids is 5. The Balaban J connectivity index is 1.03. The number of aromatic nitrogens is 1. The third kappa shape index (κ3) is 7.24. The van der Waals surface area contributed by atoms with E-state index in [1.54, 1.807) is 60.7 Å². The van der Waals surface area contributed by atoms with Crippen LogP contribution in [-0.2, 0) is 25.7 Å². The van der Waals surface area contributed by atoms with Crippen LogP contribution in [0.1, 0.15) is 55.5 Å². The van der Waals surface area contributed by atoms with Crippen LogP contribution in [-0.4, -0.2) is 46.1 Å². The van der Waals surface area contributed by atoms with Crippen LogP contribution in [0.25, 0.3) is 11.0 Å². The average Bonchev–Trinajstić information content (AvgIpc) is 3.55. The quantitative estimate of drug-likeness (QED) is 0.163. The summed E-state index contributed by atoms with van der Waals surface area (Å²) < 4.78 is 6.89. The molecule has 0 aliphatic heterocycles. The number of nitrogens with zero attached hydrogens (tertiary/aromatic N) is 1. The minimum atomic E-state index is -1.32. The largest absolute Gasteiger partial charge is 0.451 e. The standard InChI is InChI=1S/C38H39N5O7/c44-30(36(47)39-27-8-2-1-3-9-27)13-12-28(40-37(48)32-20-24-7-4-5-11-31(24)50-32)35(46)41-29-10-6-14-43(38(29)49)21-33(45)42-34-25-16-22-15-23(18-25)19-26(34)17-22/h1-11,14,20,22-23,25-26,28,34H,12-13,15-19,21H2,(H,39,47)(H,40,48)(H,41,46)(H,42,45)/t22?,23?,25?,26?,28-,34?/m0/s1. The molecular formula is C38H39N5O7. The Morgan fingerprint density at radius 1 is 0.820 bits per heavy atom. The van der Waals surface area contributed by atoms with E-state index in [0.29, 0.717) is 28.5 Å². The zero-order valence-electron chi connectivity index (χ0n) is 27.4. The molecule has 12 nitrogen and oxygen atoms in total. The summed E-state index contributed by atoms with van der Waals surface area (Å²) in [4.78, 5) is 78.8. The van der Waals surface area contributed by atoms with Crippen LogP contribution in [0.2, 0.25) is 0 Å². The van der Waals surface area contributed by atoms with Crippen molar-refractivity contribution in [1.82, 2.24) is 15.2 Å². The Morgan fingerprint density at radius 2 is 1.52 bits per heavy atom. The second-order valence-electron chi connectivity index (χ2n) is 13.8. The number of para-hydroxylation sites is 2. The maximum absolute atomic E-state index is 13.6. The smallest absolute Gasteiger partial charge is 0.291 e. The molecule has 4 aliphatic rings. The van der Waals surface area contributed by atoms with Crippen molar-refractivity contribution >= 4 is 51.8 Å². The molecule has 4 saturated carbocycles. The summed E-state index contributed by atoms with van der Waals surface area (Å²) >= 11 is 0. The van der Waals surface area contributed by atoms with Crippen LogP contribution in [0.15, 0.2) is 88.2 Å². The van der Waals surface area contributed by atoms with Gasteiger partial charge in [-0.1, -0.05) is 36.4 Å². The molecule has 1 atom stereocenters. The normalized spacial score (nSPS) is 22.4. The highest BCUT2D eigenvalue weighted by Crippen LogP contribution is 2.53. The number of pyridine rings is 1. The van der Waals surface area contributed by atoms with Crippen molar-refractivity contribution in [1.29, 1.82) is 0 Å². The molecule has 50 heavy (non-hydrogen) atoms. The highest BCUT2D eigenvalue weighted by Gasteiger charge is 2.48. The van der Waals surface area contributed by atoms with Crippen molar-refractivity contribution in [3.05, 3.63) is 95.1 Å². The van der Waals surface area contributed by atoms with Gasteiger partial charge in [0.25, 0.3) is 17.4 Å². The molecule has 4 fully saturated rings. The molecule has 4 aliphatic carbocycles. The Kier molecular flexibility index (Phi) is 9.34. The lowest BCUT2D eigenvalue weighted by Gasteiger charge is -2.54. The van der Waals surface area contributed by atoms with E-state index >= 15 is 0 Å². The molecule has 8 rings (SSSR count). The van der Waals surface area contributed by atoms with Gasteiger partial charge in [-0.25, -0.2) is 0 Å². The molecular weight excluding hydrogens is 638 g/mol. The Bertz CT molecular complexity index is 1940. The van der Waals surface area contributed by atoms with Gasteiger partial charge in [0.1, 0.15) is 23.9 Å². The zero-order chi connectivity index (χ0) is 34.8. The molecule has 2 heterocycles. The highest BCUT2D eigenvalue weighted by molar-refractivity contribution is 6.40. The number of hydrogen-bond donors (Lipinski definition) is 4. The number of benzene rings is 2. The Labute approximate surface area is 288 Å². The fourth-order valence-electron chi connectivity index (χ4n) is 8.23. The predicted molar refractivity (Wildman–Crippen MR) is 185 cm³/mol. The third-order valence-electron chi connectivity index (χ3n) is 10.4. The second-order valence-corrected chi connectivity index (χ2v) is 13.8. The summed E-state index contributed by atoms with van der Waals surface area (Å²) in [6, 6.07) is 18.8. The van der Waals surface area contributed by atoms with Crippen LogP contribution in [0.3, 0.4) is 0 Å². The van der Waals surface area contributed by atoms with Gasteiger partial charge in [-0.15, -0.1) is 0 Å². The number of fused-ring (bicyclic) bond motifs is 1. The van der Waals surface area contributed by atoms with E-state index in [2.05, 4.69) is 21.3 Å². The summed E-state index contributed by atoms with van der Waals surface area (Å²) in [7, 11) is 0. The van der Waals surface area contributed by atoms with Gasteiger partial charge in [-0.2, -0.15) is 0 Å². The lowest BCUT2D eigenvalue weighted by Crippen LogP contribution is -2.56. The van der Waals surface area contributed by atoms with Gasteiger partial charge in [0.05, 0.1) is 0 Å². The number of Topliss-reactive ketones (excluding diaryl/α,β-unsaturated/α-hetero) is 1. The molecule has 2 aromatic heterocycles. The van der Waals surface area contributed by atoms with E-state index in [9.17, 15) is 28.8 Å². The number of nitrogens with one attached hydrogen (secondary N) is 4. The highest BCUT2D eigenvalue weighted by atomic mass is 16.3. The summed E-state index contributed by atoms with van der Waals surface area (Å²) in [5.41, 5.74) is 0.215. The molecule has 0 saturated heterocycles. The Hall–Kier alpha value is -5.52. The molecule has 4 amide bonds. The molecule has 0 unspecified atom stereocenters. The zero-order valence-corrected chi connectivity index (χ0v) is 27.4.